The van der Waals surface area contributed by atoms with Gasteiger partial charge in [0, 0.05) is 18.6 Å². The van der Waals surface area contributed by atoms with Gasteiger partial charge >= 0.3 is 0 Å². The van der Waals surface area contributed by atoms with E-state index < -0.39 is 6.10 Å². The zero-order valence-electron chi connectivity index (χ0n) is 13.5. The van der Waals surface area contributed by atoms with Crippen LogP contribution in [0.2, 0.25) is 0 Å². The van der Waals surface area contributed by atoms with E-state index in [1.54, 1.807) is 18.2 Å². The van der Waals surface area contributed by atoms with Crippen LogP contribution >= 0.6 is 0 Å². The Hall–Kier alpha value is -1.43. The summed E-state index contributed by atoms with van der Waals surface area (Å²) in [4.78, 5) is 13.8. The first-order valence-corrected chi connectivity index (χ1v) is 7.64. The van der Waals surface area contributed by atoms with E-state index in [1.807, 2.05) is 6.07 Å². The molecule has 0 saturated carbocycles. The van der Waals surface area contributed by atoms with Crippen molar-refractivity contribution in [2.24, 2.45) is 0 Å². The topological polar surface area (TPSA) is 59.0 Å². The van der Waals surface area contributed by atoms with Crippen LogP contribution in [0.5, 0.6) is 5.75 Å². The van der Waals surface area contributed by atoms with Crippen LogP contribution in [0.1, 0.15) is 31.1 Å². The van der Waals surface area contributed by atoms with Crippen LogP contribution in [-0.2, 0) is 4.74 Å². The van der Waals surface area contributed by atoms with Gasteiger partial charge in [-0.25, -0.2) is 0 Å². The number of aliphatic hydroxyl groups is 1. The van der Waals surface area contributed by atoms with Crippen molar-refractivity contribution in [1.82, 2.24) is 4.90 Å². The molecule has 0 aliphatic carbocycles. The number of ketones is 1. The average Bonchev–Trinajstić information content (AvgIpc) is 2.47. The van der Waals surface area contributed by atoms with Gasteiger partial charge in [0.25, 0.3) is 0 Å². The van der Waals surface area contributed by atoms with Crippen LogP contribution in [0.4, 0.5) is 0 Å². The Labute approximate surface area is 131 Å². The summed E-state index contributed by atoms with van der Waals surface area (Å²) >= 11 is 0. The standard InChI is InChI=1S/C17H25NO4/c1-13(19)15-6-4-5-7-16(15)22-11-14(20)10-18-8-9-21-12-17(18,2)3/h4-7,14,20H,8-12H2,1-3H3. The largest absolute Gasteiger partial charge is 0.490 e. The van der Waals surface area contributed by atoms with Crippen molar-refractivity contribution in [3.05, 3.63) is 29.8 Å². The minimum absolute atomic E-state index is 0.0422. The van der Waals surface area contributed by atoms with Gasteiger partial charge in [-0.05, 0) is 32.9 Å². The molecule has 1 unspecified atom stereocenters. The quantitative estimate of drug-likeness (QED) is 0.811. The molecule has 1 aliphatic heterocycles. The van der Waals surface area contributed by atoms with E-state index in [0.29, 0.717) is 31.1 Å². The highest BCUT2D eigenvalue weighted by Gasteiger charge is 2.31. The number of carbonyl (C=O) groups is 1. The van der Waals surface area contributed by atoms with Gasteiger partial charge in [0.1, 0.15) is 18.5 Å². The third-order valence-electron chi connectivity index (χ3n) is 3.95. The number of nitrogens with zero attached hydrogens (tertiary/aromatic N) is 1. The van der Waals surface area contributed by atoms with Gasteiger partial charge in [-0.15, -0.1) is 0 Å². The number of ether oxygens (including phenoxy) is 2. The van der Waals surface area contributed by atoms with Gasteiger partial charge in [-0.2, -0.15) is 0 Å². The Morgan fingerprint density at radius 2 is 2.18 bits per heavy atom. The fourth-order valence-corrected chi connectivity index (χ4v) is 2.61. The maximum absolute atomic E-state index is 11.5. The van der Waals surface area contributed by atoms with Crippen molar-refractivity contribution >= 4 is 5.78 Å². The summed E-state index contributed by atoms with van der Waals surface area (Å²) in [5.74, 6) is 0.481. The average molecular weight is 307 g/mol. The van der Waals surface area contributed by atoms with Gasteiger partial charge in [-0.1, -0.05) is 12.1 Å². The Kier molecular flexibility index (Phi) is 5.56. The number of rotatable bonds is 6. The molecule has 0 amide bonds. The Balaban J connectivity index is 1.90. The second-order valence-electron chi connectivity index (χ2n) is 6.33. The summed E-state index contributed by atoms with van der Waals surface area (Å²) < 4.78 is 11.1. The number of morpholine rings is 1. The number of carbonyl (C=O) groups excluding carboxylic acids is 1. The number of benzene rings is 1. The van der Waals surface area contributed by atoms with Crippen molar-refractivity contribution in [1.29, 1.82) is 0 Å². The summed E-state index contributed by atoms with van der Waals surface area (Å²) in [6.07, 6.45) is -0.614. The molecule has 0 radical (unpaired) electrons. The van der Waals surface area contributed by atoms with Crippen molar-refractivity contribution in [3.63, 3.8) is 0 Å². The second kappa shape index (κ2) is 7.22. The van der Waals surface area contributed by atoms with Gasteiger partial charge < -0.3 is 14.6 Å². The normalized spacial score (nSPS) is 19.6. The monoisotopic (exact) mass is 307 g/mol. The van der Waals surface area contributed by atoms with Crippen molar-refractivity contribution < 1.29 is 19.4 Å². The number of para-hydroxylation sites is 1. The predicted molar refractivity (Wildman–Crippen MR) is 84.4 cm³/mol. The lowest BCUT2D eigenvalue weighted by Gasteiger charge is -2.42. The van der Waals surface area contributed by atoms with Crippen LogP contribution in [0, 0.1) is 0 Å². The minimum atomic E-state index is -0.614. The molecular weight excluding hydrogens is 282 g/mol. The first-order chi connectivity index (χ1) is 10.4. The molecule has 22 heavy (non-hydrogen) atoms. The first kappa shape index (κ1) is 16.9. The molecule has 1 aromatic rings. The smallest absolute Gasteiger partial charge is 0.163 e. The molecule has 1 N–H and O–H groups in total. The SMILES string of the molecule is CC(=O)c1ccccc1OCC(O)CN1CCOCC1(C)C. The minimum Gasteiger partial charge on any atom is -0.490 e. The van der Waals surface area contributed by atoms with Gasteiger partial charge in [0.2, 0.25) is 0 Å². The van der Waals surface area contributed by atoms with Crippen molar-refractivity contribution in [2.75, 3.05) is 32.9 Å². The van der Waals surface area contributed by atoms with Crippen LogP contribution in [-0.4, -0.2) is 60.3 Å². The van der Waals surface area contributed by atoms with Crippen molar-refractivity contribution in [2.45, 2.75) is 32.4 Å². The summed E-state index contributed by atoms with van der Waals surface area (Å²) in [5, 5.41) is 10.2. The zero-order valence-corrected chi connectivity index (χ0v) is 13.5. The lowest BCUT2D eigenvalue weighted by atomic mass is 10.0. The van der Waals surface area contributed by atoms with E-state index in [2.05, 4.69) is 18.7 Å². The molecule has 1 fully saturated rings. The molecule has 0 bridgehead atoms. The number of hydrogen-bond acceptors (Lipinski definition) is 5. The summed E-state index contributed by atoms with van der Waals surface area (Å²) in [6.45, 7) is 8.55. The molecule has 1 heterocycles. The van der Waals surface area contributed by atoms with Crippen LogP contribution in [0.3, 0.4) is 0 Å². The fraction of sp³-hybridized carbons (Fsp3) is 0.588. The molecule has 1 aromatic carbocycles. The maximum atomic E-state index is 11.5. The van der Waals surface area contributed by atoms with E-state index in [9.17, 15) is 9.90 Å². The molecule has 122 valence electrons. The van der Waals surface area contributed by atoms with E-state index in [1.165, 1.54) is 6.92 Å². The van der Waals surface area contributed by atoms with Crippen LogP contribution in [0.25, 0.3) is 0 Å². The van der Waals surface area contributed by atoms with E-state index in [4.69, 9.17) is 9.47 Å². The summed E-state index contributed by atoms with van der Waals surface area (Å²) in [7, 11) is 0. The first-order valence-electron chi connectivity index (χ1n) is 7.64. The number of hydrogen-bond donors (Lipinski definition) is 1. The van der Waals surface area contributed by atoms with Gasteiger partial charge in [0.05, 0.1) is 18.8 Å². The Bertz CT molecular complexity index is 515. The molecule has 0 aromatic heterocycles. The van der Waals surface area contributed by atoms with E-state index in [-0.39, 0.29) is 17.9 Å². The van der Waals surface area contributed by atoms with Crippen molar-refractivity contribution in [3.8, 4) is 5.75 Å². The lowest BCUT2D eigenvalue weighted by Crippen LogP contribution is -2.55. The molecule has 0 spiro atoms. The molecule has 1 aliphatic rings. The number of aliphatic hydroxyl groups excluding tert-OH is 1. The molecule has 1 saturated heterocycles. The van der Waals surface area contributed by atoms with E-state index >= 15 is 0 Å². The molecule has 2 rings (SSSR count). The predicted octanol–water partition coefficient (Wildman–Crippen LogP) is 1.74. The summed E-state index contributed by atoms with van der Waals surface area (Å²) in [6, 6.07) is 7.10. The molecular formula is C17H25NO4. The lowest BCUT2D eigenvalue weighted by molar-refractivity contribution is -0.0703. The molecule has 1 atom stereocenters. The Morgan fingerprint density at radius 1 is 1.45 bits per heavy atom. The number of β-amino-alcohol motifs (C(OH)–C–C–N with tert-alkyl or cyclic N) is 1. The molecule has 5 heteroatoms. The van der Waals surface area contributed by atoms with Gasteiger partial charge in [-0.3, -0.25) is 9.69 Å². The van der Waals surface area contributed by atoms with E-state index in [0.717, 1.165) is 6.54 Å². The Morgan fingerprint density at radius 3 is 2.86 bits per heavy atom. The summed E-state index contributed by atoms with van der Waals surface area (Å²) in [5.41, 5.74) is 0.456. The van der Waals surface area contributed by atoms with Gasteiger partial charge in [0.15, 0.2) is 5.78 Å². The highest BCUT2D eigenvalue weighted by Crippen LogP contribution is 2.21. The zero-order chi connectivity index (χ0) is 16.2. The number of Topliss-reactive ketones (excluding diaryl/α,β-unsaturated/α-hetero) is 1. The maximum Gasteiger partial charge on any atom is 0.163 e. The molecule has 5 nitrogen and oxygen atoms in total. The second-order valence-corrected chi connectivity index (χ2v) is 6.33. The highest BCUT2D eigenvalue weighted by molar-refractivity contribution is 5.96. The highest BCUT2D eigenvalue weighted by atomic mass is 16.5. The third kappa shape index (κ3) is 4.29. The van der Waals surface area contributed by atoms with Crippen LogP contribution in [0.15, 0.2) is 24.3 Å². The third-order valence-corrected chi connectivity index (χ3v) is 3.95. The van der Waals surface area contributed by atoms with Crippen LogP contribution < -0.4 is 4.74 Å². The fourth-order valence-electron chi connectivity index (χ4n) is 2.61.